The molecule has 0 saturated heterocycles. The minimum Gasteiger partial charge on any atom is -0.478 e. The molecule has 0 aliphatic heterocycles. The maximum atomic E-state index is 10.4. The second-order valence-electron chi connectivity index (χ2n) is 4.43. The number of carbonyl (C=O) groups excluding carboxylic acids is 1. The van der Waals surface area contributed by atoms with Crippen molar-refractivity contribution < 1.29 is 19.4 Å². The van der Waals surface area contributed by atoms with Crippen LogP contribution in [0.5, 0.6) is 0 Å². The van der Waals surface area contributed by atoms with Crippen LogP contribution in [-0.4, -0.2) is 23.7 Å². The fourth-order valence-electron chi connectivity index (χ4n) is 1.19. The van der Waals surface area contributed by atoms with E-state index in [-0.39, 0.29) is 5.97 Å². The SMILES string of the molecule is C=C(C)C(=O)OCC.CC(=CC=Cc1ccccc1)C(=O)O. The van der Waals surface area contributed by atoms with Gasteiger partial charge in [-0.05, 0) is 26.3 Å². The van der Waals surface area contributed by atoms with Crippen LogP contribution >= 0.6 is 0 Å². The second kappa shape index (κ2) is 11.1. The van der Waals surface area contributed by atoms with Crippen molar-refractivity contribution >= 4 is 18.0 Å². The van der Waals surface area contributed by atoms with Crippen molar-refractivity contribution in [3.8, 4) is 0 Å². The molecule has 0 aromatic heterocycles. The number of hydrogen-bond donors (Lipinski definition) is 1. The highest BCUT2D eigenvalue weighted by molar-refractivity contribution is 5.87. The lowest BCUT2D eigenvalue weighted by atomic mass is 10.2. The van der Waals surface area contributed by atoms with E-state index in [1.807, 2.05) is 36.4 Å². The molecule has 4 nitrogen and oxygen atoms in total. The van der Waals surface area contributed by atoms with Gasteiger partial charge in [-0.3, -0.25) is 0 Å². The average Bonchev–Trinajstić information content (AvgIpc) is 2.49. The summed E-state index contributed by atoms with van der Waals surface area (Å²) in [4.78, 5) is 20.9. The van der Waals surface area contributed by atoms with Crippen molar-refractivity contribution in [3.63, 3.8) is 0 Å². The molecule has 1 N–H and O–H groups in total. The average molecular weight is 302 g/mol. The number of ether oxygens (including phenoxy) is 1. The first-order valence-corrected chi connectivity index (χ1v) is 6.84. The van der Waals surface area contributed by atoms with Gasteiger partial charge in [-0.1, -0.05) is 55.1 Å². The lowest BCUT2D eigenvalue weighted by Crippen LogP contribution is -2.03. The minimum atomic E-state index is -0.886. The summed E-state index contributed by atoms with van der Waals surface area (Å²) in [5.74, 6) is -1.20. The van der Waals surface area contributed by atoms with Gasteiger partial charge in [0.25, 0.3) is 0 Å². The van der Waals surface area contributed by atoms with Crippen LogP contribution in [-0.2, 0) is 14.3 Å². The Hall–Kier alpha value is -2.62. The number of esters is 1. The maximum absolute atomic E-state index is 10.4. The fraction of sp³-hybridized carbons (Fsp3) is 0.222. The molecule has 1 aromatic rings. The smallest absolute Gasteiger partial charge is 0.333 e. The van der Waals surface area contributed by atoms with Crippen LogP contribution in [0.1, 0.15) is 26.3 Å². The molecule has 0 aliphatic rings. The Morgan fingerprint density at radius 1 is 1.23 bits per heavy atom. The molecular weight excluding hydrogens is 280 g/mol. The number of carboxylic acids is 1. The summed E-state index contributed by atoms with van der Waals surface area (Å²) in [6.07, 6.45) is 5.18. The molecule has 1 aromatic carbocycles. The van der Waals surface area contributed by atoms with E-state index in [1.54, 1.807) is 32.9 Å². The highest BCUT2D eigenvalue weighted by Gasteiger charge is 1.98. The molecule has 118 valence electrons. The van der Waals surface area contributed by atoms with Crippen molar-refractivity contribution in [2.45, 2.75) is 20.8 Å². The summed E-state index contributed by atoms with van der Waals surface area (Å²) < 4.78 is 4.56. The molecular formula is C18H22O4. The van der Waals surface area contributed by atoms with Crippen LogP contribution in [0.25, 0.3) is 6.08 Å². The zero-order valence-electron chi connectivity index (χ0n) is 13.2. The lowest BCUT2D eigenvalue weighted by molar-refractivity contribution is -0.138. The van der Waals surface area contributed by atoms with E-state index in [1.165, 1.54) is 0 Å². The topological polar surface area (TPSA) is 63.6 Å². The highest BCUT2D eigenvalue weighted by Crippen LogP contribution is 2.02. The summed E-state index contributed by atoms with van der Waals surface area (Å²) >= 11 is 0. The summed E-state index contributed by atoms with van der Waals surface area (Å²) in [7, 11) is 0. The molecule has 0 spiro atoms. The predicted octanol–water partition coefficient (Wildman–Crippen LogP) is 3.86. The number of carboxylic acid groups (broad SMARTS) is 1. The molecule has 4 heteroatoms. The summed E-state index contributed by atoms with van der Waals surface area (Å²) in [5, 5.41) is 8.58. The maximum Gasteiger partial charge on any atom is 0.333 e. The van der Waals surface area contributed by atoms with Crippen LogP contribution in [0.3, 0.4) is 0 Å². The van der Waals surface area contributed by atoms with Crippen molar-refractivity contribution in [1.29, 1.82) is 0 Å². The molecule has 0 aliphatic carbocycles. The molecule has 0 unspecified atom stereocenters. The zero-order chi connectivity index (χ0) is 17.0. The van der Waals surface area contributed by atoms with Gasteiger partial charge in [0.2, 0.25) is 0 Å². The van der Waals surface area contributed by atoms with Gasteiger partial charge in [-0.25, -0.2) is 9.59 Å². The van der Waals surface area contributed by atoms with E-state index >= 15 is 0 Å². The molecule has 0 fully saturated rings. The quantitative estimate of drug-likeness (QED) is 0.509. The van der Waals surface area contributed by atoms with Crippen molar-refractivity contribution in [3.05, 3.63) is 65.8 Å². The minimum absolute atomic E-state index is 0.312. The number of rotatable bonds is 5. The van der Waals surface area contributed by atoms with Gasteiger partial charge in [0, 0.05) is 11.1 Å². The van der Waals surface area contributed by atoms with Crippen LogP contribution < -0.4 is 0 Å². The Morgan fingerprint density at radius 2 is 1.82 bits per heavy atom. The normalized spacial score (nSPS) is 10.6. The van der Waals surface area contributed by atoms with Gasteiger partial charge in [0.15, 0.2) is 0 Å². The third-order valence-electron chi connectivity index (χ3n) is 2.40. The monoisotopic (exact) mass is 302 g/mol. The fourth-order valence-corrected chi connectivity index (χ4v) is 1.19. The zero-order valence-corrected chi connectivity index (χ0v) is 13.2. The van der Waals surface area contributed by atoms with E-state index in [0.717, 1.165) is 5.56 Å². The number of allylic oxidation sites excluding steroid dienone is 2. The molecule has 0 atom stereocenters. The van der Waals surface area contributed by atoms with Crippen LogP contribution in [0.15, 0.2) is 60.2 Å². The summed E-state index contributed by atoms with van der Waals surface area (Å²) in [6.45, 7) is 8.78. The first-order valence-electron chi connectivity index (χ1n) is 6.84. The van der Waals surface area contributed by atoms with E-state index in [9.17, 15) is 9.59 Å². The Balaban J connectivity index is 0.000000472. The molecule has 0 saturated carbocycles. The molecule has 0 amide bonds. The van der Waals surface area contributed by atoms with Gasteiger partial charge in [0.1, 0.15) is 0 Å². The summed E-state index contributed by atoms with van der Waals surface area (Å²) in [6, 6.07) is 9.73. The number of carbonyl (C=O) groups is 2. The third-order valence-corrected chi connectivity index (χ3v) is 2.40. The largest absolute Gasteiger partial charge is 0.478 e. The Kier molecular flexibility index (Phi) is 9.76. The standard InChI is InChI=1S/C12H12O2.C6H10O2/c1-10(12(13)14)6-5-9-11-7-3-2-4-8-11;1-4-8-6(7)5(2)3/h2-9H,1H3,(H,13,14);2,4H2,1,3H3. The lowest BCUT2D eigenvalue weighted by Gasteiger charge is -1.96. The van der Waals surface area contributed by atoms with Gasteiger partial charge >= 0.3 is 11.9 Å². The Morgan fingerprint density at radius 3 is 2.23 bits per heavy atom. The molecule has 22 heavy (non-hydrogen) atoms. The summed E-state index contributed by atoms with van der Waals surface area (Å²) in [5.41, 5.74) is 1.84. The van der Waals surface area contributed by atoms with Crippen molar-refractivity contribution in [2.24, 2.45) is 0 Å². The molecule has 0 bridgehead atoms. The van der Waals surface area contributed by atoms with Crippen LogP contribution in [0.4, 0.5) is 0 Å². The van der Waals surface area contributed by atoms with E-state index in [2.05, 4.69) is 11.3 Å². The van der Waals surface area contributed by atoms with Crippen molar-refractivity contribution in [1.82, 2.24) is 0 Å². The molecule has 0 heterocycles. The Labute approximate surface area is 131 Å². The van der Waals surface area contributed by atoms with E-state index in [4.69, 9.17) is 5.11 Å². The van der Waals surface area contributed by atoms with Gasteiger partial charge < -0.3 is 9.84 Å². The van der Waals surface area contributed by atoms with E-state index in [0.29, 0.717) is 17.8 Å². The van der Waals surface area contributed by atoms with E-state index < -0.39 is 5.97 Å². The second-order valence-corrected chi connectivity index (χ2v) is 4.43. The first-order chi connectivity index (χ1) is 10.4. The third kappa shape index (κ3) is 9.31. The predicted molar refractivity (Wildman–Crippen MR) is 88.3 cm³/mol. The van der Waals surface area contributed by atoms with Crippen LogP contribution in [0.2, 0.25) is 0 Å². The van der Waals surface area contributed by atoms with Gasteiger partial charge in [0.05, 0.1) is 6.61 Å². The first kappa shape index (κ1) is 19.4. The van der Waals surface area contributed by atoms with Gasteiger partial charge in [-0.15, -0.1) is 0 Å². The molecule has 1 rings (SSSR count). The highest BCUT2D eigenvalue weighted by atomic mass is 16.5. The number of benzene rings is 1. The van der Waals surface area contributed by atoms with Crippen molar-refractivity contribution in [2.75, 3.05) is 6.61 Å². The number of hydrogen-bond acceptors (Lipinski definition) is 3. The van der Waals surface area contributed by atoms with Crippen LogP contribution in [0, 0.1) is 0 Å². The number of aliphatic carboxylic acids is 1. The molecule has 0 radical (unpaired) electrons. The Bertz CT molecular complexity index is 554. The van der Waals surface area contributed by atoms with Gasteiger partial charge in [-0.2, -0.15) is 0 Å².